The first kappa shape index (κ1) is 13.3. The molecule has 0 aromatic rings. The Morgan fingerprint density at radius 1 is 1.31 bits per heavy atom. The Morgan fingerprint density at radius 2 is 1.88 bits per heavy atom. The molecule has 0 atom stereocenters. The van der Waals surface area contributed by atoms with Crippen LogP contribution in [0.2, 0.25) is 0 Å². The van der Waals surface area contributed by atoms with E-state index in [2.05, 4.69) is 24.5 Å². The van der Waals surface area contributed by atoms with Gasteiger partial charge in [-0.1, -0.05) is 26.7 Å². The summed E-state index contributed by atoms with van der Waals surface area (Å²) in [6, 6.07) is 0.0989. The Bertz CT molecular complexity index is 221. The van der Waals surface area contributed by atoms with Crippen molar-refractivity contribution in [3.8, 4) is 0 Å². The van der Waals surface area contributed by atoms with Crippen molar-refractivity contribution in [2.45, 2.75) is 64.0 Å². The number of carbonyl (C=O) groups excluding carboxylic acids is 1. The van der Waals surface area contributed by atoms with Gasteiger partial charge in [0.1, 0.15) is 0 Å². The number of amides is 2. The van der Waals surface area contributed by atoms with E-state index in [1.807, 2.05) is 0 Å². The number of nitrogens with one attached hydrogen (secondary N) is 2. The molecular formula is C12H24N2O2. The Hall–Kier alpha value is -0.770. The third-order valence-electron chi connectivity index (χ3n) is 3.56. The van der Waals surface area contributed by atoms with Crippen LogP contribution < -0.4 is 10.6 Å². The number of hydrogen-bond donors (Lipinski definition) is 3. The third kappa shape index (κ3) is 3.37. The average molecular weight is 228 g/mol. The molecule has 1 saturated carbocycles. The fourth-order valence-corrected chi connectivity index (χ4v) is 2.33. The minimum absolute atomic E-state index is 0.0450. The predicted octanol–water partition coefficient (Wildman–Crippen LogP) is 1.78. The van der Waals surface area contributed by atoms with E-state index < -0.39 is 0 Å². The quantitative estimate of drug-likeness (QED) is 0.671. The highest BCUT2D eigenvalue weighted by molar-refractivity contribution is 5.75. The molecule has 3 N–H and O–H groups in total. The van der Waals surface area contributed by atoms with Gasteiger partial charge in [-0.3, -0.25) is 0 Å². The van der Waals surface area contributed by atoms with Crippen LogP contribution in [0.4, 0.5) is 4.79 Å². The van der Waals surface area contributed by atoms with Crippen molar-refractivity contribution in [3.05, 3.63) is 0 Å². The number of hydrogen-bond acceptors (Lipinski definition) is 2. The SMILES string of the molecule is CCC(CC)NC(=O)NC1(CO)CCCC1. The molecule has 0 heterocycles. The highest BCUT2D eigenvalue weighted by atomic mass is 16.3. The van der Waals surface area contributed by atoms with Gasteiger partial charge in [-0.15, -0.1) is 0 Å². The second-order valence-corrected chi connectivity index (χ2v) is 4.76. The van der Waals surface area contributed by atoms with Crippen LogP contribution in [-0.4, -0.2) is 29.3 Å². The van der Waals surface area contributed by atoms with Gasteiger partial charge < -0.3 is 15.7 Å². The first-order chi connectivity index (χ1) is 7.65. The smallest absolute Gasteiger partial charge is 0.315 e. The van der Waals surface area contributed by atoms with Crippen molar-refractivity contribution in [1.29, 1.82) is 0 Å². The first-order valence-electron chi connectivity index (χ1n) is 6.35. The molecule has 0 aliphatic heterocycles. The van der Waals surface area contributed by atoms with Gasteiger partial charge in [0.05, 0.1) is 12.1 Å². The maximum atomic E-state index is 11.8. The van der Waals surface area contributed by atoms with E-state index in [-0.39, 0.29) is 24.2 Å². The maximum absolute atomic E-state index is 11.8. The third-order valence-corrected chi connectivity index (χ3v) is 3.56. The normalized spacial score (nSPS) is 18.8. The van der Waals surface area contributed by atoms with Gasteiger partial charge in [0.25, 0.3) is 0 Å². The Labute approximate surface area is 97.8 Å². The summed E-state index contributed by atoms with van der Waals surface area (Å²) in [5.74, 6) is 0. The zero-order valence-electron chi connectivity index (χ0n) is 10.4. The molecule has 0 spiro atoms. The molecule has 0 saturated heterocycles. The zero-order chi connectivity index (χ0) is 12.0. The molecule has 4 heteroatoms. The van der Waals surface area contributed by atoms with E-state index in [9.17, 15) is 9.90 Å². The fraction of sp³-hybridized carbons (Fsp3) is 0.917. The maximum Gasteiger partial charge on any atom is 0.315 e. The van der Waals surface area contributed by atoms with Crippen molar-refractivity contribution >= 4 is 6.03 Å². The molecule has 2 amide bonds. The van der Waals surface area contributed by atoms with Crippen LogP contribution in [0.1, 0.15) is 52.4 Å². The molecule has 0 aromatic heterocycles. The summed E-state index contributed by atoms with van der Waals surface area (Å²) in [5, 5.41) is 15.3. The lowest BCUT2D eigenvalue weighted by molar-refractivity contribution is 0.161. The summed E-state index contributed by atoms with van der Waals surface area (Å²) in [4.78, 5) is 11.8. The lowest BCUT2D eigenvalue weighted by Gasteiger charge is -2.29. The lowest BCUT2D eigenvalue weighted by atomic mass is 9.99. The van der Waals surface area contributed by atoms with Crippen LogP contribution in [0.15, 0.2) is 0 Å². The molecule has 0 radical (unpaired) electrons. The van der Waals surface area contributed by atoms with Crippen LogP contribution in [0.3, 0.4) is 0 Å². The van der Waals surface area contributed by atoms with Gasteiger partial charge in [0.15, 0.2) is 0 Å². The number of rotatable bonds is 5. The number of aliphatic hydroxyl groups excluding tert-OH is 1. The van der Waals surface area contributed by atoms with Gasteiger partial charge >= 0.3 is 6.03 Å². The van der Waals surface area contributed by atoms with Gasteiger partial charge in [0.2, 0.25) is 0 Å². The largest absolute Gasteiger partial charge is 0.394 e. The standard InChI is InChI=1S/C12H24N2O2/c1-3-10(4-2)13-11(16)14-12(9-15)7-5-6-8-12/h10,15H,3-9H2,1-2H3,(H2,13,14,16). The molecule has 1 aliphatic carbocycles. The van der Waals surface area contributed by atoms with Crippen LogP contribution in [0.5, 0.6) is 0 Å². The van der Waals surface area contributed by atoms with E-state index in [4.69, 9.17) is 0 Å². The zero-order valence-corrected chi connectivity index (χ0v) is 10.4. The average Bonchev–Trinajstić information content (AvgIpc) is 2.75. The van der Waals surface area contributed by atoms with Crippen LogP contribution in [0.25, 0.3) is 0 Å². The number of carbonyl (C=O) groups is 1. The summed E-state index contributed by atoms with van der Waals surface area (Å²) in [7, 11) is 0. The topological polar surface area (TPSA) is 61.4 Å². The molecule has 1 fully saturated rings. The first-order valence-corrected chi connectivity index (χ1v) is 6.35. The second-order valence-electron chi connectivity index (χ2n) is 4.76. The highest BCUT2D eigenvalue weighted by Crippen LogP contribution is 2.28. The van der Waals surface area contributed by atoms with Crippen molar-refractivity contribution in [2.24, 2.45) is 0 Å². The summed E-state index contributed by atoms with van der Waals surface area (Å²) >= 11 is 0. The molecular weight excluding hydrogens is 204 g/mol. The van der Waals surface area contributed by atoms with E-state index in [0.29, 0.717) is 0 Å². The molecule has 94 valence electrons. The summed E-state index contributed by atoms with van der Waals surface area (Å²) < 4.78 is 0. The molecule has 0 aromatic carbocycles. The van der Waals surface area contributed by atoms with E-state index >= 15 is 0 Å². The summed E-state index contributed by atoms with van der Waals surface area (Å²) in [5.41, 5.74) is -0.365. The van der Waals surface area contributed by atoms with Gasteiger partial charge in [-0.2, -0.15) is 0 Å². The van der Waals surface area contributed by atoms with E-state index in [0.717, 1.165) is 38.5 Å². The number of aliphatic hydroxyl groups is 1. The van der Waals surface area contributed by atoms with Crippen LogP contribution in [0, 0.1) is 0 Å². The molecule has 4 nitrogen and oxygen atoms in total. The highest BCUT2D eigenvalue weighted by Gasteiger charge is 2.34. The van der Waals surface area contributed by atoms with Crippen LogP contribution >= 0.6 is 0 Å². The van der Waals surface area contributed by atoms with E-state index in [1.165, 1.54) is 0 Å². The second kappa shape index (κ2) is 6.09. The van der Waals surface area contributed by atoms with E-state index in [1.54, 1.807) is 0 Å². The molecule has 0 bridgehead atoms. The summed E-state index contributed by atoms with van der Waals surface area (Å²) in [6.45, 7) is 4.17. The molecule has 1 rings (SSSR count). The van der Waals surface area contributed by atoms with Crippen molar-refractivity contribution < 1.29 is 9.90 Å². The Kier molecular flexibility index (Phi) is 5.06. The lowest BCUT2D eigenvalue weighted by Crippen LogP contribution is -2.54. The van der Waals surface area contributed by atoms with Gasteiger partial charge in [-0.05, 0) is 25.7 Å². The van der Waals surface area contributed by atoms with Crippen molar-refractivity contribution in [3.63, 3.8) is 0 Å². The van der Waals surface area contributed by atoms with Gasteiger partial charge in [-0.25, -0.2) is 4.79 Å². The predicted molar refractivity (Wildman–Crippen MR) is 64.3 cm³/mol. The Balaban J connectivity index is 2.43. The molecule has 1 aliphatic rings. The fourth-order valence-electron chi connectivity index (χ4n) is 2.33. The minimum atomic E-state index is -0.365. The van der Waals surface area contributed by atoms with Crippen molar-refractivity contribution in [1.82, 2.24) is 10.6 Å². The molecule has 16 heavy (non-hydrogen) atoms. The van der Waals surface area contributed by atoms with Gasteiger partial charge in [0, 0.05) is 6.04 Å². The minimum Gasteiger partial charge on any atom is -0.394 e. The monoisotopic (exact) mass is 228 g/mol. The summed E-state index contributed by atoms with van der Waals surface area (Å²) in [6.07, 6.45) is 5.84. The van der Waals surface area contributed by atoms with Crippen molar-refractivity contribution in [2.75, 3.05) is 6.61 Å². The Morgan fingerprint density at radius 3 is 2.31 bits per heavy atom. The molecule has 0 unspecified atom stereocenters. The van der Waals surface area contributed by atoms with Crippen LogP contribution in [-0.2, 0) is 0 Å². The number of urea groups is 1.